The third kappa shape index (κ3) is 4.42. The second kappa shape index (κ2) is 8.16. The summed E-state index contributed by atoms with van der Waals surface area (Å²) in [5.74, 6) is -0.957. The van der Waals surface area contributed by atoms with Crippen LogP contribution in [0.2, 0.25) is 0 Å². The number of nitrogens with one attached hydrogen (secondary N) is 2. The van der Waals surface area contributed by atoms with E-state index in [4.69, 9.17) is 4.74 Å². The lowest BCUT2D eigenvalue weighted by molar-refractivity contribution is -0.123. The molecule has 1 aliphatic heterocycles. The van der Waals surface area contributed by atoms with E-state index in [1.165, 1.54) is 19.2 Å². The molecule has 138 valence electrons. The van der Waals surface area contributed by atoms with Crippen LogP contribution in [-0.4, -0.2) is 37.2 Å². The first-order chi connectivity index (χ1) is 13.0. The number of hydrogen-bond donors (Lipinski definition) is 2. The summed E-state index contributed by atoms with van der Waals surface area (Å²) >= 11 is 2.13. The molecule has 2 amide bonds. The number of carbonyl (C=O) groups is 3. The Kier molecular flexibility index (Phi) is 5.69. The number of benzene rings is 2. The van der Waals surface area contributed by atoms with Crippen LogP contribution in [0, 0.1) is 3.57 Å². The van der Waals surface area contributed by atoms with Gasteiger partial charge in [0.2, 0.25) is 0 Å². The fraction of sp³-hybridized carbons (Fsp3) is 0.111. The molecule has 2 aromatic rings. The van der Waals surface area contributed by atoms with E-state index in [2.05, 4.69) is 43.2 Å². The maximum absolute atomic E-state index is 12.0. The van der Waals surface area contributed by atoms with Crippen LogP contribution in [0.4, 0.5) is 5.69 Å². The molecule has 0 saturated carbocycles. The minimum absolute atomic E-state index is 0.138. The largest absolute Gasteiger partial charge is 0.484 e. The lowest BCUT2D eigenvalue weighted by atomic mass is 10.1. The molecule has 1 heterocycles. The average molecular weight is 479 g/mol. The summed E-state index contributed by atoms with van der Waals surface area (Å²) in [6.45, 7) is -0.296. The Bertz CT molecular complexity index is 941. The van der Waals surface area contributed by atoms with Gasteiger partial charge in [0, 0.05) is 9.13 Å². The lowest BCUT2D eigenvalue weighted by Gasteiger charge is -2.06. The van der Waals surface area contributed by atoms with E-state index in [-0.39, 0.29) is 18.2 Å². The zero-order valence-electron chi connectivity index (χ0n) is 14.1. The summed E-state index contributed by atoms with van der Waals surface area (Å²) in [4.78, 5) is 35.3. The first-order valence-corrected chi connectivity index (χ1v) is 8.85. The number of carbonyl (C=O) groups excluding carboxylic acids is 3. The van der Waals surface area contributed by atoms with Crippen LogP contribution in [0.1, 0.15) is 15.9 Å². The normalized spacial score (nSPS) is 13.7. The van der Waals surface area contributed by atoms with Crippen molar-refractivity contribution in [3.05, 3.63) is 57.2 Å². The van der Waals surface area contributed by atoms with Gasteiger partial charge < -0.3 is 14.8 Å². The number of esters is 1. The van der Waals surface area contributed by atoms with Gasteiger partial charge in [-0.15, -0.1) is 0 Å². The van der Waals surface area contributed by atoms with Crippen molar-refractivity contribution in [1.29, 1.82) is 0 Å². The quantitative estimate of drug-likeness (QED) is 0.388. The Balaban J connectivity index is 1.59. The van der Waals surface area contributed by atoms with Crippen LogP contribution >= 0.6 is 22.6 Å². The third-order valence-electron chi connectivity index (χ3n) is 3.64. The summed E-state index contributed by atoms with van der Waals surface area (Å²) in [6, 6.07) is 11.6. The topological polar surface area (TPSA) is 106 Å². The predicted octanol–water partition coefficient (Wildman–Crippen LogP) is 1.93. The van der Waals surface area contributed by atoms with Gasteiger partial charge in [0.25, 0.3) is 11.8 Å². The molecule has 1 aliphatic rings. The zero-order chi connectivity index (χ0) is 19.4. The number of rotatable bonds is 5. The maximum Gasteiger partial charge on any atom is 0.337 e. The second-order valence-corrected chi connectivity index (χ2v) is 6.69. The maximum atomic E-state index is 12.0. The first kappa shape index (κ1) is 18.8. The molecule has 0 saturated heterocycles. The highest BCUT2D eigenvalue weighted by Crippen LogP contribution is 2.25. The van der Waals surface area contributed by atoms with Gasteiger partial charge in [-0.25, -0.2) is 10.2 Å². The highest BCUT2D eigenvalue weighted by Gasteiger charge is 2.26. The number of anilines is 1. The van der Waals surface area contributed by atoms with Gasteiger partial charge in [-0.1, -0.05) is 0 Å². The predicted molar refractivity (Wildman–Crippen MR) is 106 cm³/mol. The molecule has 0 atom stereocenters. The van der Waals surface area contributed by atoms with Gasteiger partial charge in [-0.3, -0.25) is 9.59 Å². The van der Waals surface area contributed by atoms with Crippen molar-refractivity contribution in [3.63, 3.8) is 0 Å². The SMILES string of the molecule is COC(=O)c1ccc(OCC(=O)N/N=C2\C(=O)Nc3ccc(I)cc32)cc1. The number of hydrogen-bond acceptors (Lipinski definition) is 6. The molecule has 0 bridgehead atoms. The summed E-state index contributed by atoms with van der Waals surface area (Å²) in [6.07, 6.45) is 0. The van der Waals surface area contributed by atoms with Crippen LogP contribution in [0.15, 0.2) is 47.6 Å². The zero-order valence-corrected chi connectivity index (χ0v) is 16.3. The van der Waals surface area contributed by atoms with Crippen LogP contribution < -0.4 is 15.5 Å². The summed E-state index contributed by atoms with van der Waals surface area (Å²) in [5.41, 5.74) is 4.10. The number of fused-ring (bicyclic) bond motifs is 1. The van der Waals surface area contributed by atoms with E-state index < -0.39 is 11.9 Å². The molecular weight excluding hydrogens is 465 g/mol. The van der Waals surface area contributed by atoms with Gasteiger partial charge in [0.15, 0.2) is 12.3 Å². The second-order valence-electron chi connectivity index (χ2n) is 5.44. The minimum atomic E-state index is -0.522. The van der Waals surface area contributed by atoms with Crippen molar-refractivity contribution in [2.24, 2.45) is 5.10 Å². The van der Waals surface area contributed by atoms with Crippen molar-refractivity contribution in [3.8, 4) is 5.75 Å². The molecule has 3 rings (SSSR count). The van der Waals surface area contributed by atoms with Gasteiger partial charge in [-0.05, 0) is 65.1 Å². The van der Waals surface area contributed by atoms with E-state index in [1.54, 1.807) is 24.3 Å². The highest BCUT2D eigenvalue weighted by atomic mass is 127. The number of methoxy groups -OCH3 is 1. The molecule has 8 nitrogen and oxygen atoms in total. The molecular formula is C18H14IN3O5. The van der Waals surface area contributed by atoms with E-state index >= 15 is 0 Å². The Labute approximate surface area is 168 Å². The highest BCUT2D eigenvalue weighted by molar-refractivity contribution is 14.1. The molecule has 0 aromatic heterocycles. The summed E-state index contributed by atoms with van der Waals surface area (Å²) < 4.78 is 10.9. The van der Waals surface area contributed by atoms with Gasteiger partial charge >= 0.3 is 5.97 Å². The van der Waals surface area contributed by atoms with Crippen molar-refractivity contribution in [2.45, 2.75) is 0 Å². The third-order valence-corrected chi connectivity index (χ3v) is 4.31. The van der Waals surface area contributed by atoms with Gasteiger partial charge in [-0.2, -0.15) is 5.10 Å². The van der Waals surface area contributed by atoms with Crippen molar-refractivity contribution in [2.75, 3.05) is 19.0 Å². The fourth-order valence-corrected chi connectivity index (χ4v) is 2.83. The average Bonchev–Trinajstić information content (AvgIpc) is 2.98. The van der Waals surface area contributed by atoms with E-state index in [0.29, 0.717) is 22.6 Å². The van der Waals surface area contributed by atoms with Crippen LogP contribution in [0.3, 0.4) is 0 Å². The van der Waals surface area contributed by atoms with Gasteiger partial charge in [0.1, 0.15) is 5.75 Å². The fourth-order valence-electron chi connectivity index (χ4n) is 2.34. The van der Waals surface area contributed by atoms with Gasteiger partial charge in [0.05, 0.1) is 18.4 Å². The number of ether oxygens (including phenoxy) is 2. The van der Waals surface area contributed by atoms with Crippen LogP contribution in [0.5, 0.6) is 5.75 Å². The van der Waals surface area contributed by atoms with Crippen molar-refractivity contribution >= 4 is 51.8 Å². The Morgan fingerprint density at radius 1 is 1.19 bits per heavy atom. The van der Waals surface area contributed by atoms with Crippen molar-refractivity contribution in [1.82, 2.24) is 5.43 Å². The smallest absolute Gasteiger partial charge is 0.337 e. The molecule has 9 heteroatoms. The van der Waals surface area contributed by atoms with Crippen LogP contribution in [0.25, 0.3) is 0 Å². The summed E-state index contributed by atoms with van der Waals surface area (Å²) in [7, 11) is 1.29. The Morgan fingerprint density at radius 3 is 2.63 bits per heavy atom. The molecule has 0 aliphatic carbocycles. The van der Waals surface area contributed by atoms with E-state index in [1.807, 2.05) is 6.07 Å². The molecule has 2 N–H and O–H groups in total. The summed E-state index contributed by atoms with van der Waals surface area (Å²) in [5, 5.41) is 6.59. The Hall–Kier alpha value is -2.95. The minimum Gasteiger partial charge on any atom is -0.484 e. The molecule has 0 radical (unpaired) electrons. The number of amides is 2. The molecule has 2 aromatic carbocycles. The van der Waals surface area contributed by atoms with Crippen molar-refractivity contribution < 1.29 is 23.9 Å². The van der Waals surface area contributed by atoms with E-state index in [9.17, 15) is 14.4 Å². The van der Waals surface area contributed by atoms with E-state index in [0.717, 1.165) is 3.57 Å². The first-order valence-electron chi connectivity index (χ1n) is 7.77. The molecule has 0 spiro atoms. The Morgan fingerprint density at radius 2 is 1.93 bits per heavy atom. The monoisotopic (exact) mass is 479 g/mol. The number of halogens is 1. The standard InChI is InChI=1S/C18H14IN3O5/c1-26-18(25)10-2-5-12(6-3-10)27-9-15(23)21-22-16-13-8-11(19)4-7-14(13)20-17(16)24/h2-8H,9H2,1H3,(H,21,23)(H,20,22,24). The number of hydrazone groups is 1. The lowest BCUT2D eigenvalue weighted by Crippen LogP contribution is -2.27. The molecule has 0 unspecified atom stereocenters. The molecule has 0 fully saturated rings. The number of nitrogens with zero attached hydrogens (tertiary/aromatic N) is 1. The van der Waals surface area contributed by atoms with Crippen LogP contribution in [-0.2, 0) is 14.3 Å². The molecule has 27 heavy (non-hydrogen) atoms.